The summed E-state index contributed by atoms with van der Waals surface area (Å²) in [5, 5.41) is 3.04. The summed E-state index contributed by atoms with van der Waals surface area (Å²) in [7, 11) is 1.86. The summed E-state index contributed by atoms with van der Waals surface area (Å²) in [6.07, 6.45) is 0. The molecule has 88 valence electrons. The zero-order valence-corrected chi connectivity index (χ0v) is 11.7. The zero-order chi connectivity index (χ0) is 12.4. The van der Waals surface area contributed by atoms with Crippen LogP contribution in [0.5, 0.6) is 0 Å². The lowest BCUT2D eigenvalue weighted by atomic mass is 10.1. The average molecular weight is 292 g/mol. The van der Waals surface area contributed by atoms with Gasteiger partial charge >= 0.3 is 0 Å². The molecular formula is C13H14BrN3. The summed E-state index contributed by atoms with van der Waals surface area (Å²) in [6.45, 7) is 4.03. The molecule has 1 N–H and O–H groups in total. The van der Waals surface area contributed by atoms with Crippen LogP contribution in [0.4, 0.5) is 5.82 Å². The Balaban J connectivity index is 2.52. The Kier molecular flexibility index (Phi) is 3.43. The summed E-state index contributed by atoms with van der Waals surface area (Å²) in [5.74, 6) is 1.60. The first-order chi connectivity index (χ1) is 8.10. The third-order valence-corrected chi connectivity index (χ3v) is 3.42. The Hall–Kier alpha value is -1.42. The number of nitrogens with one attached hydrogen (secondary N) is 1. The van der Waals surface area contributed by atoms with Gasteiger partial charge in [0.25, 0.3) is 0 Å². The van der Waals surface area contributed by atoms with E-state index >= 15 is 0 Å². The van der Waals surface area contributed by atoms with Crippen LogP contribution in [0.3, 0.4) is 0 Å². The van der Waals surface area contributed by atoms with E-state index in [4.69, 9.17) is 0 Å². The van der Waals surface area contributed by atoms with Gasteiger partial charge in [0.15, 0.2) is 5.82 Å². The Morgan fingerprint density at radius 3 is 2.53 bits per heavy atom. The van der Waals surface area contributed by atoms with Gasteiger partial charge in [0.2, 0.25) is 0 Å². The molecule has 17 heavy (non-hydrogen) atoms. The minimum absolute atomic E-state index is 0.755. The third-order valence-electron chi connectivity index (χ3n) is 2.53. The number of rotatable bonds is 2. The average Bonchev–Trinajstić information content (AvgIpc) is 2.32. The standard InChI is InChI=1S/C13H14BrN3/c1-8-6-10(4-5-11(8)14)13-16-9(2)7-12(15-3)17-13/h4-7H,1-3H3,(H,15,16,17). The summed E-state index contributed by atoms with van der Waals surface area (Å²) in [4.78, 5) is 8.91. The highest BCUT2D eigenvalue weighted by molar-refractivity contribution is 9.10. The predicted molar refractivity (Wildman–Crippen MR) is 74.2 cm³/mol. The second-order valence-corrected chi connectivity index (χ2v) is 4.79. The molecular weight excluding hydrogens is 278 g/mol. The smallest absolute Gasteiger partial charge is 0.161 e. The summed E-state index contributed by atoms with van der Waals surface area (Å²) in [6, 6.07) is 8.05. The van der Waals surface area contributed by atoms with Gasteiger partial charge < -0.3 is 5.32 Å². The molecule has 1 aromatic carbocycles. The van der Waals surface area contributed by atoms with E-state index in [1.165, 1.54) is 5.56 Å². The van der Waals surface area contributed by atoms with Gasteiger partial charge in [-0.2, -0.15) is 0 Å². The van der Waals surface area contributed by atoms with Gasteiger partial charge in [-0.1, -0.05) is 22.0 Å². The van der Waals surface area contributed by atoms with Crippen molar-refractivity contribution < 1.29 is 0 Å². The van der Waals surface area contributed by atoms with Gasteiger partial charge in [-0.25, -0.2) is 9.97 Å². The highest BCUT2D eigenvalue weighted by Gasteiger charge is 2.05. The molecule has 0 saturated carbocycles. The Morgan fingerprint density at radius 1 is 1.12 bits per heavy atom. The zero-order valence-electron chi connectivity index (χ0n) is 10.1. The minimum Gasteiger partial charge on any atom is -0.373 e. The van der Waals surface area contributed by atoms with Crippen LogP contribution >= 0.6 is 15.9 Å². The van der Waals surface area contributed by atoms with E-state index in [0.29, 0.717) is 0 Å². The molecule has 4 heteroatoms. The fourth-order valence-electron chi connectivity index (χ4n) is 1.61. The van der Waals surface area contributed by atoms with Gasteiger partial charge in [-0.3, -0.25) is 0 Å². The van der Waals surface area contributed by atoms with Crippen LogP contribution in [0.1, 0.15) is 11.3 Å². The van der Waals surface area contributed by atoms with Crippen molar-refractivity contribution in [1.82, 2.24) is 9.97 Å². The normalized spacial score (nSPS) is 10.4. The molecule has 1 aromatic heterocycles. The molecule has 0 atom stereocenters. The lowest BCUT2D eigenvalue weighted by Crippen LogP contribution is -1.98. The van der Waals surface area contributed by atoms with E-state index < -0.39 is 0 Å². The van der Waals surface area contributed by atoms with Crippen LogP contribution in [-0.4, -0.2) is 17.0 Å². The number of anilines is 1. The van der Waals surface area contributed by atoms with Crippen molar-refractivity contribution in [3.63, 3.8) is 0 Å². The van der Waals surface area contributed by atoms with Gasteiger partial charge in [0, 0.05) is 28.8 Å². The topological polar surface area (TPSA) is 37.8 Å². The molecule has 0 radical (unpaired) electrons. The van der Waals surface area contributed by atoms with Crippen molar-refractivity contribution in [3.05, 3.63) is 40.0 Å². The molecule has 1 heterocycles. The van der Waals surface area contributed by atoms with Crippen LogP contribution < -0.4 is 5.32 Å². The highest BCUT2D eigenvalue weighted by atomic mass is 79.9. The molecule has 0 unspecified atom stereocenters. The SMILES string of the molecule is CNc1cc(C)nc(-c2ccc(Br)c(C)c2)n1. The van der Waals surface area contributed by atoms with Crippen LogP contribution in [0.15, 0.2) is 28.7 Å². The number of aromatic nitrogens is 2. The quantitative estimate of drug-likeness (QED) is 0.919. The molecule has 2 rings (SSSR count). The van der Waals surface area contributed by atoms with Gasteiger partial charge in [0.05, 0.1) is 0 Å². The molecule has 2 aromatic rings. The van der Waals surface area contributed by atoms with E-state index in [2.05, 4.69) is 44.2 Å². The molecule has 3 nitrogen and oxygen atoms in total. The summed E-state index contributed by atoms with van der Waals surface area (Å²) < 4.78 is 1.10. The molecule has 0 bridgehead atoms. The number of aryl methyl sites for hydroxylation is 2. The Labute approximate surface area is 109 Å². The van der Waals surface area contributed by atoms with Crippen molar-refractivity contribution >= 4 is 21.7 Å². The predicted octanol–water partition coefficient (Wildman–Crippen LogP) is 3.56. The second-order valence-electron chi connectivity index (χ2n) is 3.93. The first kappa shape index (κ1) is 12.0. The number of hydrogen-bond donors (Lipinski definition) is 1. The highest BCUT2D eigenvalue weighted by Crippen LogP contribution is 2.23. The van der Waals surface area contributed by atoms with Crippen molar-refractivity contribution in [1.29, 1.82) is 0 Å². The van der Waals surface area contributed by atoms with Crippen LogP contribution in [-0.2, 0) is 0 Å². The van der Waals surface area contributed by atoms with Gasteiger partial charge in [0.1, 0.15) is 5.82 Å². The molecule has 0 aliphatic carbocycles. The van der Waals surface area contributed by atoms with Crippen LogP contribution in [0, 0.1) is 13.8 Å². The minimum atomic E-state index is 0.755. The number of halogens is 1. The van der Waals surface area contributed by atoms with Gasteiger partial charge in [-0.15, -0.1) is 0 Å². The monoisotopic (exact) mass is 291 g/mol. The molecule has 0 fully saturated rings. The maximum Gasteiger partial charge on any atom is 0.161 e. The van der Waals surface area contributed by atoms with Crippen LogP contribution in [0.2, 0.25) is 0 Å². The van der Waals surface area contributed by atoms with E-state index in [1.54, 1.807) is 0 Å². The lowest BCUT2D eigenvalue weighted by molar-refractivity contribution is 1.11. The number of benzene rings is 1. The maximum atomic E-state index is 4.46. The largest absolute Gasteiger partial charge is 0.373 e. The van der Waals surface area contributed by atoms with Crippen molar-refractivity contribution in [2.45, 2.75) is 13.8 Å². The van der Waals surface area contributed by atoms with E-state index in [0.717, 1.165) is 27.4 Å². The van der Waals surface area contributed by atoms with Crippen molar-refractivity contribution in [2.24, 2.45) is 0 Å². The summed E-state index contributed by atoms with van der Waals surface area (Å²) >= 11 is 3.49. The third kappa shape index (κ3) is 2.64. The number of hydrogen-bond acceptors (Lipinski definition) is 3. The maximum absolute atomic E-state index is 4.46. The lowest BCUT2D eigenvalue weighted by Gasteiger charge is -2.07. The first-order valence-corrected chi connectivity index (χ1v) is 6.19. The van der Waals surface area contributed by atoms with E-state index in [9.17, 15) is 0 Å². The van der Waals surface area contributed by atoms with Crippen molar-refractivity contribution in [2.75, 3.05) is 12.4 Å². The molecule has 0 aliphatic rings. The van der Waals surface area contributed by atoms with E-state index in [-0.39, 0.29) is 0 Å². The van der Waals surface area contributed by atoms with E-state index in [1.807, 2.05) is 32.2 Å². The first-order valence-electron chi connectivity index (χ1n) is 5.40. The molecule has 0 saturated heterocycles. The Bertz CT molecular complexity index is 552. The molecule has 0 amide bonds. The van der Waals surface area contributed by atoms with Crippen molar-refractivity contribution in [3.8, 4) is 11.4 Å². The molecule has 0 aliphatic heterocycles. The Morgan fingerprint density at radius 2 is 1.88 bits per heavy atom. The number of nitrogens with zero attached hydrogens (tertiary/aromatic N) is 2. The molecule has 0 spiro atoms. The fourth-order valence-corrected chi connectivity index (χ4v) is 1.86. The second kappa shape index (κ2) is 4.84. The van der Waals surface area contributed by atoms with Gasteiger partial charge in [-0.05, 0) is 31.5 Å². The summed E-state index contributed by atoms with van der Waals surface area (Å²) in [5.41, 5.74) is 3.17. The fraction of sp³-hybridized carbons (Fsp3) is 0.231. The van der Waals surface area contributed by atoms with Crippen LogP contribution in [0.25, 0.3) is 11.4 Å².